The quantitative estimate of drug-likeness (QED) is 0.576. The zero-order valence-electron chi connectivity index (χ0n) is 11.5. The Morgan fingerprint density at radius 2 is 2.27 bits per heavy atom. The van der Waals surface area contributed by atoms with Crippen molar-refractivity contribution in [3.8, 4) is 0 Å². The summed E-state index contributed by atoms with van der Waals surface area (Å²) >= 11 is 5.93. The third-order valence-corrected chi connectivity index (χ3v) is 3.57. The van der Waals surface area contributed by atoms with Gasteiger partial charge in [0.2, 0.25) is 11.6 Å². The van der Waals surface area contributed by atoms with Gasteiger partial charge in [0, 0.05) is 7.11 Å². The van der Waals surface area contributed by atoms with Crippen molar-refractivity contribution in [1.82, 2.24) is 19.7 Å². The maximum atomic E-state index is 9.97. The van der Waals surface area contributed by atoms with Crippen LogP contribution in [0.3, 0.4) is 0 Å². The lowest BCUT2D eigenvalue weighted by molar-refractivity contribution is -0.174. The van der Waals surface area contributed by atoms with Crippen LogP contribution in [0.2, 0.25) is 5.15 Å². The Balaban J connectivity index is 1.90. The smallest absolute Gasteiger partial charge is 0.254 e. The van der Waals surface area contributed by atoms with E-state index in [0.29, 0.717) is 5.52 Å². The van der Waals surface area contributed by atoms with Crippen LogP contribution >= 0.6 is 11.6 Å². The van der Waals surface area contributed by atoms with Gasteiger partial charge < -0.3 is 30.3 Å². The molecule has 4 atom stereocenters. The highest BCUT2D eigenvalue weighted by Crippen LogP contribution is 2.24. The third-order valence-electron chi connectivity index (χ3n) is 3.31. The number of ether oxygens (including phenoxy) is 2. The van der Waals surface area contributed by atoms with Gasteiger partial charge in [-0.05, 0) is 0 Å². The number of aliphatic hydroxyl groups excluding tert-OH is 2. The summed E-state index contributed by atoms with van der Waals surface area (Å²) < 4.78 is 11.8. The molecule has 10 nitrogen and oxygen atoms in total. The number of aliphatic hydroxyl groups is 2. The molecule has 0 aliphatic carbocycles. The van der Waals surface area contributed by atoms with E-state index in [1.807, 2.05) is 0 Å². The SMILES string of the molecule is CO[C@H]1C(On2cnc3c(Cl)nc(N)nc32)O[C@H](CO)[C@H]1O. The van der Waals surface area contributed by atoms with E-state index in [9.17, 15) is 5.11 Å². The van der Waals surface area contributed by atoms with Crippen LogP contribution in [0.4, 0.5) is 5.95 Å². The fraction of sp³-hybridized carbons (Fsp3) is 0.545. The maximum absolute atomic E-state index is 9.97. The van der Waals surface area contributed by atoms with Crippen molar-refractivity contribution in [2.24, 2.45) is 0 Å². The van der Waals surface area contributed by atoms with E-state index in [1.54, 1.807) is 0 Å². The highest BCUT2D eigenvalue weighted by atomic mass is 35.5. The minimum Gasteiger partial charge on any atom is -0.394 e. The second-order valence-electron chi connectivity index (χ2n) is 4.64. The summed E-state index contributed by atoms with van der Waals surface area (Å²) in [5.41, 5.74) is 6.10. The summed E-state index contributed by atoms with van der Waals surface area (Å²) in [6.45, 7) is -0.369. The molecule has 2 aromatic rings. The molecule has 0 spiro atoms. The molecule has 1 aliphatic heterocycles. The van der Waals surface area contributed by atoms with Crippen LogP contribution in [0.1, 0.15) is 0 Å². The van der Waals surface area contributed by atoms with Crippen molar-refractivity contribution >= 4 is 28.7 Å². The fourth-order valence-corrected chi connectivity index (χ4v) is 2.46. The molecule has 1 unspecified atom stereocenters. The third kappa shape index (κ3) is 2.44. The van der Waals surface area contributed by atoms with E-state index >= 15 is 0 Å². The molecule has 0 radical (unpaired) electrons. The standard InChI is InChI=1S/C11H14ClN5O5/c1-20-7-6(19)4(2-18)21-10(7)22-17-3-14-5-8(12)15-11(13)16-9(5)17/h3-4,6-7,10,18-19H,2H2,1H3,(H2,13,15,16)/t4-,6-,7-,10?/m1/s1. The number of methoxy groups -OCH3 is 1. The molecule has 1 saturated heterocycles. The number of nitrogens with zero attached hydrogens (tertiary/aromatic N) is 4. The van der Waals surface area contributed by atoms with Crippen LogP contribution < -0.4 is 10.6 Å². The number of nitrogen functional groups attached to an aromatic ring is 1. The second kappa shape index (κ2) is 5.82. The molecule has 1 fully saturated rings. The van der Waals surface area contributed by atoms with Crippen molar-refractivity contribution in [2.75, 3.05) is 19.5 Å². The summed E-state index contributed by atoms with van der Waals surface area (Å²) in [7, 11) is 1.40. The molecule has 2 aromatic heterocycles. The van der Waals surface area contributed by atoms with E-state index in [2.05, 4.69) is 15.0 Å². The average Bonchev–Trinajstić information content (AvgIpc) is 3.01. The van der Waals surface area contributed by atoms with E-state index in [1.165, 1.54) is 18.2 Å². The Morgan fingerprint density at radius 3 is 2.95 bits per heavy atom. The zero-order chi connectivity index (χ0) is 15.9. The van der Waals surface area contributed by atoms with Gasteiger partial charge in [0.05, 0.1) is 6.61 Å². The molecular formula is C11H14ClN5O5. The number of imidazole rings is 1. The Kier molecular flexibility index (Phi) is 4.02. The molecule has 3 heterocycles. The monoisotopic (exact) mass is 331 g/mol. The number of aromatic nitrogens is 4. The Labute approximate surface area is 129 Å². The first-order chi connectivity index (χ1) is 10.5. The van der Waals surface area contributed by atoms with Crippen molar-refractivity contribution in [3.63, 3.8) is 0 Å². The van der Waals surface area contributed by atoms with Gasteiger partial charge in [-0.3, -0.25) is 0 Å². The van der Waals surface area contributed by atoms with E-state index in [4.69, 9.17) is 36.8 Å². The number of fused-ring (bicyclic) bond motifs is 1. The second-order valence-corrected chi connectivity index (χ2v) is 5.00. The highest BCUT2D eigenvalue weighted by molar-refractivity contribution is 6.33. The van der Waals surface area contributed by atoms with E-state index < -0.39 is 24.6 Å². The fourth-order valence-electron chi connectivity index (χ4n) is 2.24. The summed E-state index contributed by atoms with van der Waals surface area (Å²) in [6.07, 6.45) is -2.28. The van der Waals surface area contributed by atoms with Gasteiger partial charge in [0.15, 0.2) is 11.3 Å². The van der Waals surface area contributed by atoms with E-state index in [-0.39, 0.29) is 23.4 Å². The lowest BCUT2D eigenvalue weighted by atomic mass is 10.1. The molecule has 22 heavy (non-hydrogen) atoms. The maximum Gasteiger partial charge on any atom is 0.254 e. The van der Waals surface area contributed by atoms with Crippen LogP contribution in [0, 0.1) is 0 Å². The number of hydrogen-bond acceptors (Lipinski definition) is 9. The number of rotatable bonds is 4. The summed E-state index contributed by atoms with van der Waals surface area (Å²) in [5, 5.41) is 19.2. The number of halogens is 1. The molecule has 0 saturated carbocycles. The predicted octanol–water partition coefficient (Wildman–Crippen LogP) is -1.42. The molecule has 0 bridgehead atoms. The number of anilines is 1. The van der Waals surface area contributed by atoms with Gasteiger partial charge in [-0.25, -0.2) is 4.98 Å². The Morgan fingerprint density at radius 1 is 1.50 bits per heavy atom. The van der Waals surface area contributed by atoms with Crippen LogP contribution in [0.25, 0.3) is 11.2 Å². The topological polar surface area (TPSA) is 138 Å². The van der Waals surface area contributed by atoms with Gasteiger partial charge in [-0.1, -0.05) is 11.6 Å². The molecule has 0 aromatic carbocycles. The zero-order valence-corrected chi connectivity index (χ0v) is 12.2. The molecule has 11 heteroatoms. The molecule has 120 valence electrons. The molecule has 1 aliphatic rings. The van der Waals surface area contributed by atoms with Gasteiger partial charge in [0.25, 0.3) is 6.29 Å². The van der Waals surface area contributed by atoms with Crippen molar-refractivity contribution in [3.05, 3.63) is 11.5 Å². The summed E-state index contributed by atoms with van der Waals surface area (Å²) in [6, 6.07) is 0. The van der Waals surface area contributed by atoms with Crippen LogP contribution in [0.15, 0.2) is 6.33 Å². The average molecular weight is 332 g/mol. The van der Waals surface area contributed by atoms with Gasteiger partial charge >= 0.3 is 0 Å². The largest absolute Gasteiger partial charge is 0.394 e. The number of hydrogen-bond donors (Lipinski definition) is 3. The van der Waals surface area contributed by atoms with Crippen LogP contribution in [0.5, 0.6) is 0 Å². The minimum atomic E-state index is -1.03. The summed E-state index contributed by atoms with van der Waals surface area (Å²) in [5.74, 6) is -0.0354. The first-order valence-corrected chi connectivity index (χ1v) is 6.73. The van der Waals surface area contributed by atoms with Crippen molar-refractivity contribution < 1.29 is 24.5 Å². The minimum absolute atomic E-state index is 0.0354. The molecule has 0 amide bonds. The Bertz CT molecular complexity index is 682. The van der Waals surface area contributed by atoms with Crippen LogP contribution in [-0.2, 0) is 9.47 Å². The lowest BCUT2D eigenvalue weighted by Gasteiger charge is -2.19. The predicted molar refractivity (Wildman–Crippen MR) is 73.9 cm³/mol. The van der Waals surface area contributed by atoms with Gasteiger partial charge in [-0.15, -0.1) is 4.73 Å². The highest BCUT2D eigenvalue weighted by Gasteiger charge is 2.46. The normalized spacial score (nSPS) is 28.4. The molecule has 3 rings (SSSR count). The lowest BCUT2D eigenvalue weighted by Crippen LogP contribution is -2.39. The van der Waals surface area contributed by atoms with Crippen molar-refractivity contribution in [1.29, 1.82) is 0 Å². The van der Waals surface area contributed by atoms with Crippen molar-refractivity contribution in [2.45, 2.75) is 24.6 Å². The summed E-state index contributed by atoms with van der Waals surface area (Å²) in [4.78, 5) is 17.4. The first kappa shape index (κ1) is 15.2. The molecular weight excluding hydrogens is 318 g/mol. The van der Waals surface area contributed by atoms with Crippen LogP contribution in [-0.4, -0.2) is 68.2 Å². The first-order valence-electron chi connectivity index (χ1n) is 6.35. The number of nitrogens with two attached hydrogens (primary N) is 1. The molecule has 4 N–H and O–H groups in total. The van der Waals surface area contributed by atoms with E-state index in [0.717, 1.165) is 0 Å². The van der Waals surface area contributed by atoms with Gasteiger partial charge in [-0.2, -0.15) is 9.97 Å². The Hall–Kier alpha value is -1.72. The van der Waals surface area contributed by atoms with Gasteiger partial charge in [0.1, 0.15) is 24.1 Å².